The van der Waals surface area contributed by atoms with Crippen LogP contribution in [0.3, 0.4) is 0 Å². The summed E-state index contributed by atoms with van der Waals surface area (Å²) in [6, 6.07) is 9.90. The van der Waals surface area contributed by atoms with E-state index >= 15 is 0 Å². The molecule has 18 heavy (non-hydrogen) atoms. The average Bonchev–Trinajstić information content (AvgIpc) is 2.25. The molecule has 7 heteroatoms. The first-order chi connectivity index (χ1) is 8.20. The lowest BCUT2D eigenvalue weighted by atomic mass is 10.2. The summed E-state index contributed by atoms with van der Waals surface area (Å²) in [7, 11) is -1.02. The van der Waals surface area contributed by atoms with Crippen molar-refractivity contribution < 1.29 is 33.5 Å². The van der Waals surface area contributed by atoms with Crippen molar-refractivity contribution in [3.05, 3.63) is 42.0 Å². The molecule has 0 heterocycles. The summed E-state index contributed by atoms with van der Waals surface area (Å²) in [6.07, 6.45) is 3.81. The van der Waals surface area contributed by atoms with E-state index in [1.165, 1.54) is 0 Å². The maximum absolute atomic E-state index is 8.49. The van der Waals surface area contributed by atoms with E-state index in [0.717, 1.165) is 10.6 Å². The van der Waals surface area contributed by atoms with Gasteiger partial charge in [0.25, 0.3) is 0 Å². The maximum Gasteiger partial charge on any atom is 0.164 e. The molecule has 0 atom stereocenters. The van der Waals surface area contributed by atoms with Crippen LogP contribution in [0.2, 0.25) is 0 Å². The van der Waals surface area contributed by atoms with Gasteiger partial charge in [-0.1, -0.05) is 41.9 Å². The van der Waals surface area contributed by atoms with Crippen molar-refractivity contribution in [1.29, 1.82) is 0 Å². The van der Waals surface area contributed by atoms with Crippen LogP contribution in [0.5, 0.6) is 0 Å². The molecule has 0 fully saturated rings. The molecule has 0 aromatic heterocycles. The second-order valence-electron chi connectivity index (χ2n) is 3.37. The van der Waals surface area contributed by atoms with Gasteiger partial charge in [-0.05, 0) is 5.56 Å². The Morgan fingerprint density at radius 3 is 1.94 bits per heavy atom. The van der Waals surface area contributed by atoms with Crippen LogP contribution in [-0.2, 0) is 0 Å². The molecule has 1 rings (SSSR count). The minimum absolute atomic E-state index is 0.759. The summed E-state index contributed by atoms with van der Waals surface area (Å²) < 4.78 is 35.9. The molecule has 0 saturated carbocycles. The van der Waals surface area contributed by atoms with Gasteiger partial charge in [-0.3, -0.25) is 0 Å². The summed E-state index contributed by atoms with van der Waals surface area (Å²) in [4.78, 5) is 0. The van der Waals surface area contributed by atoms with E-state index in [0.29, 0.717) is 0 Å². The fourth-order valence-corrected chi connectivity index (χ4v) is 1.09. The van der Waals surface area contributed by atoms with Gasteiger partial charge in [0, 0.05) is 6.08 Å². The van der Waals surface area contributed by atoms with Gasteiger partial charge < -0.3 is 0 Å². The smallest absolute Gasteiger partial charge is 0.164 e. The minimum atomic E-state index is -4.94. The third-order valence-electron chi connectivity index (χ3n) is 1.57. The first kappa shape index (κ1) is 17.1. The quantitative estimate of drug-likeness (QED) is 0.459. The SMILES string of the molecule is C[N+](C)=C/C=C(/Cl)c1ccccc1.[O-][Cl+3]([O-])([O-])[O-]. The van der Waals surface area contributed by atoms with Gasteiger partial charge in [-0.25, -0.2) is 23.2 Å². The zero-order valence-corrected chi connectivity index (χ0v) is 11.4. The topological polar surface area (TPSA) is 95.2 Å². The second-order valence-corrected chi connectivity index (χ2v) is 4.53. The van der Waals surface area contributed by atoms with Gasteiger partial charge in [0.15, 0.2) is 6.21 Å². The maximum atomic E-state index is 8.49. The third kappa shape index (κ3) is 11.5. The number of hydrogen-bond acceptors (Lipinski definition) is 4. The number of allylic oxidation sites excluding steroid dienone is 1. The number of benzene rings is 1. The second kappa shape index (κ2) is 8.20. The Labute approximate surface area is 113 Å². The normalized spacial score (nSPS) is 11.4. The summed E-state index contributed by atoms with van der Waals surface area (Å²) in [5.41, 5.74) is 1.04. The van der Waals surface area contributed by atoms with Crippen LogP contribution in [0.25, 0.3) is 5.03 Å². The number of hydrogen-bond donors (Lipinski definition) is 0. The fraction of sp³-hybridized carbons (Fsp3) is 0.182. The standard InChI is InChI=1S/C11H13ClN.ClHO4/c1-13(2)9-8-11(12)10-6-4-3-5-7-10;2-1(3,4)5/h3-9H,1-2H3;(H,2,3,4,5)/q+1;/p-1/b11-8+;. The van der Waals surface area contributed by atoms with E-state index in [2.05, 4.69) is 0 Å². The van der Waals surface area contributed by atoms with Crippen LogP contribution in [0.15, 0.2) is 36.4 Å². The van der Waals surface area contributed by atoms with Crippen molar-refractivity contribution in [2.75, 3.05) is 14.1 Å². The molecule has 0 aliphatic rings. The van der Waals surface area contributed by atoms with Crippen molar-refractivity contribution in [2.24, 2.45) is 0 Å². The zero-order valence-electron chi connectivity index (χ0n) is 9.88. The molecule has 0 saturated heterocycles. The molecule has 0 bridgehead atoms. The Morgan fingerprint density at radius 1 is 1.11 bits per heavy atom. The Kier molecular flexibility index (Phi) is 7.77. The van der Waals surface area contributed by atoms with E-state index in [-0.39, 0.29) is 0 Å². The fourth-order valence-electron chi connectivity index (χ4n) is 0.908. The lowest BCUT2D eigenvalue weighted by molar-refractivity contribution is -2.00. The summed E-state index contributed by atoms with van der Waals surface area (Å²) in [5, 5.41) is 0.759. The van der Waals surface area contributed by atoms with E-state index < -0.39 is 10.2 Å². The number of halogens is 2. The minimum Gasteiger partial charge on any atom is -0.241 e. The molecule has 100 valence electrons. The highest BCUT2D eigenvalue weighted by molar-refractivity contribution is 6.49. The van der Waals surface area contributed by atoms with Crippen molar-refractivity contribution >= 4 is 22.8 Å². The van der Waals surface area contributed by atoms with Crippen molar-refractivity contribution in [3.63, 3.8) is 0 Å². The molecule has 1 aromatic carbocycles. The van der Waals surface area contributed by atoms with Crippen LogP contribution in [0.1, 0.15) is 5.56 Å². The number of rotatable bonds is 2. The zero-order chi connectivity index (χ0) is 14.2. The largest absolute Gasteiger partial charge is 0.241 e. The van der Waals surface area contributed by atoms with Crippen molar-refractivity contribution in [2.45, 2.75) is 0 Å². The van der Waals surface area contributed by atoms with E-state index in [1.807, 2.05) is 61.3 Å². The summed E-state index contributed by atoms with van der Waals surface area (Å²) in [6.45, 7) is 0. The third-order valence-corrected chi connectivity index (χ3v) is 1.91. The van der Waals surface area contributed by atoms with Gasteiger partial charge in [-0.2, -0.15) is 0 Å². The van der Waals surface area contributed by atoms with E-state index in [9.17, 15) is 0 Å². The molecular formula is C11H13Cl2NO4. The Balaban J connectivity index is 0.000000494. The first-order valence-corrected chi connectivity index (χ1v) is 6.35. The van der Waals surface area contributed by atoms with Crippen LogP contribution < -0.4 is 18.6 Å². The Hall–Kier alpha value is -0.950. The first-order valence-electron chi connectivity index (χ1n) is 4.74. The van der Waals surface area contributed by atoms with Crippen LogP contribution in [0.4, 0.5) is 0 Å². The average molecular weight is 294 g/mol. The number of nitrogens with zero attached hydrogens (tertiary/aromatic N) is 1. The molecule has 0 unspecified atom stereocenters. The van der Waals surface area contributed by atoms with Gasteiger partial charge >= 0.3 is 0 Å². The highest BCUT2D eigenvalue weighted by Crippen LogP contribution is 2.16. The van der Waals surface area contributed by atoms with E-state index in [1.54, 1.807) is 0 Å². The predicted octanol–water partition coefficient (Wildman–Crippen LogP) is -2.15. The Bertz CT molecular complexity index is 403. The van der Waals surface area contributed by atoms with Crippen LogP contribution in [0, 0.1) is 10.2 Å². The molecule has 0 radical (unpaired) electrons. The Morgan fingerprint density at radius 2 is 1.56 bits per heavy atom. The van der Waals surface area contributed by atoms with Gasteiger partial charge in [0.1, 0.15) is 14.1 Å². The molecule has 5 nitrogen and oxygen atoms in total. The van der Waals surface area contributed by atoms with E-state index in [4.69, 9.17) is 30.2 Å². The molecule has 0 aliphatic carbocycles. The lowest BCUT2D eigenvalue weighted by Gasteiger charge is -2.17. The molecule has 1 aromatic rings. The van der Waals surface area contributed by atoms with Crippen LogP contribution >= 0.6 is 11.6 Å². The predicted molar refractivity (Wildman–Crippen MR) is 58.4 cm³/mol. The lowest BCUT2D eigenvalue weighted by Crippen LogP contribution is -2.68. The van der Waals surface area contributed by atoms with Crippen molar-refractivity contribution in [3.8, 4) is 0 Å². The van der Waals surface area contributed by atoms with Gasteiger partial charge in [0.05, 0.1) is 5.03 Å². The highest BCUT2D eigenvalue weighted by Gasteiger charge is 1.94. The molecular weight excluding hydrogens is 281 g/mol. The highest BCUT2D eigenvalue weighted by atomic mass is 35.7. The van der Waals surface area contributed by atoms with Crippen LogP contribution in [-0.4, -0.2) is 24.9 Å². The molecule has 0 spiro atoms. The van der Waals surface area contributed by atoms with Gasteiger partial charge in [-0.15, -0.1) is 10.2 Å². The summed E-state index contributed by atoms with van der Waals surface area (Å²) in [5.74, 6) is 0. The molecule has 0 N–H and O–H groups in total. The van der Waals surface area contributed by atoms with Crippen molar-refractivity contribution in [1.82, 2.24) is 0 Å². The van der Waals surface area contributed by atoms with Gasteiger partial charge in [0.2, 0.25) is 0 Å². The molecule has 0 aliphatic heterocycles. The summed E-state index contributed by atoms with van der Waals surface area (Å²) >= 11 is 6.05. The molecule has 0 amide bonds. The monoisotopic (exact) mass is 293 g/mol.